The monoisotopic (exact) mass is 372 g/mol. The van der Waals surface area contributed by atoms with Crippen LogP contribution >= 0.6 is 0 Å². The molecule has 0 aromatic heterocycles. The minimum atomic E-state index is 0. The molecule has 0 radical (unpaired) electrons. The first-order valence-electron chi connectivity index (χ1n) is 8.24. The number of benzene rings is 2. The maximum absolute atomic E-state index is 3.77. The van der Waals surface area contributed by atoms with Gasteiger partial charge in [-0.25, -0.2) is 0 Å². The molecule has 2 rings (SSSR count). The van der Waals surface area contributed by atoms with Gasteiger partial charge in [0.25, 0.3) is 0 Å². The molecule has 0 fully saturated rings. The fourth-order valence-corrected chi connectivity index (χ4v) is 0.956. The van der Waals surface area contributed by atoms with Crippen molar-refractivity contribution in [2.75, 3.05) is 0 Å². The molecule has 0 unspecified atom stereocenters. The number of hydrogen-bond donors (Lipinski definition) is 0. The molecule has 136 valence electrons. The second kappa shape index (κ2) is 15.2. The molecule has 2 aromatic carbocycles. The third kappa shape index (κ3) is 45.1. The Morgan fingerprint density at radius 3 is 0.760 bits per heavy atom. The van der Waals surface area contributed by atoms with Crippen LogP contribution in [0.2, 0.25) is 0 Å². The van der Waals surface area contributed by atoms with Gasteiger partial charge in [-0.2, -0.15) is 60.1 Å². The Labute approximate surface area is 173 Å². The SMILES string of the molecule is [CH2-]C(C)(C)C.[CH2-]C(C)(C)C.[CH2-]c1ccccc1.[CH2-]c1ccccc1.[Ti+4]. The third-order valence-electron chi connectivity index (χ3n) is 1.69. The van der Waals surface area contributed by atoms with Gasteiger partial charge in [0.1, 0.15) is 0 Å². The van der Waals surface area contributed by atoms with E-state index in [1.165, 1.54) is 0 Å². The zero-order valence-electron chi connectivity index (χ0n) is 17.1. The number of hydrogen-bond acceptors (Lipinski definition) is 0. The van der Waals surface area contributed by atoms with Crippen LogP contribution in [0, 0.1) is 38.5 Å². The molecule has 0 saturated heterocycles. The average Bonchev–Trinajstić information content (AvgIpc) is 2.37. The summed E-state index contributed by atoms with van der Waals surface area (Å²) in [5.41, 5.74) is 2.64. The predicted molar refractivity (Wildman–Crippen MR) is 111 cm³/mol. The Balaban J connectivity index is -0.000000259. The zero-order chi connectivity index (χ0) is 19.2. The van der Waals surface area contributed by atoms with Crippen LogP contribution in [0.25, 0.3) is 0 Å². The fraction of sp³-hybridized carbons (Fsp3) is 0.333. The van der Waals surface area contributed by atoms with Gasteiger partial charge in [0.2, 0.25) is 0 Å². The van der Waals surface area contributed by atoms with Crippen molar-refractivity contribution in [3.05, 3.63) is 99.5 Å². The van der Waals surface area contributed by atoms with Gasteiger partial charge < -0.3 is 13.8 Å². The average molecular weight is 372 g/mol. The standard InChI is InChI=1S/2C7H7.2C5H11.Ti/c2*1-7-5-3-2-4-6-7;2*1-5(2,3)4;/h2*2-6H,1H2;2*1H2,2-4H3;/q4*-1;+4. The van der Waals surface area contributed by atoms with E-state index in [-0.39, 0.29) is 32.5 Å². The summed E-state index contributed by atoms with van der Waals surface area (Å²) in [5, 5.41) is 0. The summed E-state index contributed by atoms with van der Waals surface area (Å²) in [6.45, 7) is 27.4. The van der Waals surface area contributed by atoms with Crippen molar-refractivity contribution >= 4 is 0 Å². The largest absolute Gasteiger partial charge is 4.00 e. The van der Waals surface area contributed by atoms with Crippen LogP contribution in [0.15, 0.2) is 60.7 Å². The summed E-state index contributed by atoms with van der Waals surface area (Å²) in [7, 11) is 0. The quantitative estimate of drug-likeness (QED) is 0.332. The van der Waals surface area contributed by atoms with Crippen molar-refractivity contribution in [1.29, 1.82) is 0 Å². The summed E-state index contributed by atoms with van der Waals surface area (Å²) in [4.78, 5) is 0. The van der Waals surface area contributed by atoms with Crippen LogP contribution < -0.4 is 0 Å². The predicted octanol–water partition coefficient (Wildman–Crippen LogP) is 7.47. The third-order valence-corrected chi connectivity index (χ3v) is 1.69. The number of rotatable bonds is 0. The minimum Gasteiger partial charge on any atom is -0.338 e. The van der Waals surface area contributed by atoms with E-state index in [0.29, 0.717) is 0 Å². The minimum absolute atomic E-state index is 0. The van der Waals surface area contributed by atoms with Gasteiger partial charge in [0, 0.05) is 0 Å². The van der Waals surface area contributed by atoms with E-state index in [1.807, 2.05) is 60.7 Å². The second-order valence-corrected chi connectivity index (χ2v) is 8.09. The summed E-state index contributed by atoms with van der Waals surface area (Å²) >= 11 is 0. The normalized spacial score (nSPS) is 9.60. The van der Waals surface area contributed by atoms with Gasteiger partial charge in [0.15, 0.2) is 0 Å². The van der Waals surface area contributed by atoms with E-state index in [2.05, 4.69) is 69.2 Å². The molecule has 0 N–H and O–H groups in total. The first-order valence-corrected chi connectivity index (χ1v) is 8.24. The topological polar surface area (TPSA) is 0 Å². The van der Waals surface area contributed by atoms with E-state index in [1.54, 1.807) is 0 Å². The molecule has 0 aliphatic carbocycles. The summed E-state index contributed by atoms with van der Waals surface area (Å²) in [5.74, 6) is 0. The van der Waals surface area contributed by atoms with Gasteiger partial charge in [-0.3, -0.25) is 0 Å². The van der Waals surface area contributed by atoms with Crippen molar-refractivity contribution in [2.45, 2.75) is 41.5 Å². The molecule has 0 heterocycles. The Morgan fingerprint density at radius 1 is 0.520 bits per heavy atom. The van der Waals surface area contributed by atoms with Crippen LogP contribution in [-0.4, -0.2) is 0 Å². The molecule has 1 heteroatoms. The van der Waals surface area contributed by atoms with Crippen molar-refractivity contribution in [3.63, 3.8) is 0 Å². The van der Waals surface area contributed by atoms with E-state index >= 15 is 0 Å². The molecule has 0 aliphatic rings. The maximum atomic E-state index is 3.77. The van der Waals surface area contributed by atoms with Crippen LogP contribution in [0.1, 0.15) is 52.7 Å². The fourth-order valence-electron chi connectivity index (χ4n) is 0.956. The van der Waals surface area contributed by atoms with Crippen LogP contribution in [0.4, 0.5) is 0 Å². The van der Waals surface area contributed by atoms with E-state index < -0.39 is 0 Å². The van der Waals surface area contributed by atoms with E-state index in [4.69, 9.17) is 0 Å². The van der Waals surface area contributed by atoms with E-state index in [9.17, 15) is 0 Å². The molecule has 0 spiro atoms. The summed E-state index contributed by atoms with van der Waals surface area (Å²) < 4.78 is 0. The van der Waals surface area contributed by atoms with Crippen LogP contribution in [-0.2, 0) is 21.7 Å². The smallest absolute Gasteiger partial charge is 0.338 e. The molecular formula is C24H36Ti. The molecule has 2 aromatic rings. The van der Waals surface area contributed by atoms with Crippen molar-refractivity contribution in [2.24, 2.45) is 10.8 Å². The van der Waals surface area contributed by atoms with Crippen molar-refractivity contribution in [1.82, 2.24) is 0 Å². The Morgan fingerprint density at radius 2 is 0.680 bits per heavy atom. The molecular weight excluding hydrogens is 336 g/mol. The van der Waals surface area contributed by atoms with Gasteiger partial charge in [-0.1, -0.05) is 53.7 Å². The molecule has 0 atom stereocenters. The first-order chi connectivity index (χ1) is 10.8. The second-order valence-electron chi connectivity index (χ2n) is 8.09. The van der Waals surface area contributed by atoms with Gasteiger partial charge >= 0.3 is 21.7 Å². The Kier molecular flexibility index (Phi) is 17.4. The van der Waals surface area contributed by atoms with Crippen LogP contribution in [0.3, 0.4) is 0 Å². The Hall–Kier alpha value is -1.11. The molecule has 25 heavy (non-hydrogen) atoms. The van der Waals surface area contributed by atoms with Gasteiger partial charge in [-0.15, -0.1) is 24.3 Å². The molecule has 0 aliphatic heterocycles. The summed E-state index contributed by atoms with van der Waals surface area (Å²) in [6.07, 6.45) is 0. The molecule has 0 nitrogen and oxygen atoms in total. The van der Waals surface area contributed by atoms with Crippen molar-refractivity contribution < 1.29 is 21.7 Å². The molecule has 0 bridgehead atoms. The van der Waals surface area contributed by atoms with Crippen molar-refractivity contribution in [3.8, 4) is 0 Å². The molecule has 0 amide bonds. The van der Waals surface area contributed by atoms with E-state index in [0.717, 1.165) is 11.1 Å². The zero-order valence-corrected chi connectivity index (χ0v) is 18.7. The summed E-state index contributed by atoms with van der Waals surface area (Å²) in [6, 6.07) is 19.7. The van der Waals surface area contributed by atoms with Crippen LogP contribution in [0.5, 0.6) is 0 Å². The van der Waals surface area contributed by atoms with Gasteiger partial charge in [-0.05, 0) is 0 Å². The maximum Gasteiger partial charge on any atom is 4.00 e. The first kappa shape index (κ1) is 28.7. The molecule has 0 saturated carbocycles. The Bertz CT molecular complexity index is 426. The van der Waals surface area contributed by atoms with Gasteiger partial charge in [0.05, 0.1) is 0 Å².